The van der Waals surface area contributed by atoms with Crippen molar-refractivity contribution in [3.05, 3.63) is 36.0 Å². The molecule has 0 bridgehead atoms. The van der Waals surface area contributed by atoms with Crippen LogP contribution >= 0.6 is 0 Å². The first-order chi connectivity index (χ1) is 12.0. The maximum Gasteiger partial charge on any atom is 0.238 e. The third kappa shape index (κ3) is 4.29. The Morgan fingerprint density at radius 2 is 1.77 bits per heavy atom. The number of carbonyl (C=O) groups is 1. The molecule has 4 nitrogen and oxygen atoms in total. The number of carbonyl (C=O) groups excluding carboxylic acids is 1. The molecule has 0 radical (unpaired) electrons. The molecule has 0 aliphatic rings. The van der Waals surface area contributed by atoms with Crippen LogP contribution in [0, 0.1) is 5.41 Å². The number of para-hydroxylation sites is 1. The zero-order valence-electron chi connectivity index (χ0n) is 17.6. The second-order valence-electron chi connectivity index (χ2n) is 9.29. The van der Waals surface area contributed by atoms with E-state index in [1.54, 1.807) is 0 Å². The Morgan fingerprint density at radius 3 is 2.35 bits per heavy atom. The second kappa shape index (κ2) is 7.43. The first kappa shape index (κ1) is 20.5. The second-order valence-corrected chi connectivity index (χ2v) is 9.29. The van der Waals surface area contributed by atoms with Crippen molar-refractivity contribution in [2.75, 3.05) is 7.05 Å². The number of hydrogen-bond acceptors (Lipinski definition) is 2. The van der Waals surface area contributed by atoms with E-state index in [0.717, 1.165) is 6.42 Å². The summed E-state index contributed by atoms with van der Waals surface area (Å²) in [4.78, 5) is 13.1. The average molecular weight is 358 g/mol. The van der Waals surface area contributed by atoms with Crippen LogP contribution in [-0.2, 0) is 17.3 Å². The molecule has 2 unspecified atom stereocenters. The van der Waals surface area contributed by atoms with E-state index in [2.05, 4.69) is 94.3 Å². The molecule has 1 aromatic carbocycles. The van der Waals surface area contributed by atoms with Crippen LogP contribution in [0.5, 0.6) is 0 Å². The van der Waals surface area contributed by atoms with Gasteiger partial charge >= 0.3 is 0 Å². The van der Waals surface area contributed by atoms with E-state index in [0.29, 0.717) is 0 Å². The van der Waals surface area contributed by atoms with Crippen LogP contribution in [0.3, 0.4) is 0 Å². The Morgan fingerprint density at radius 1 is 1.15 bits per heavy atom. The van der Waals surface area contributed by atoms with Gasteiger partial charge in [0.1, 0.15) is 0 Å². The number of amides is 1. The van der Waals surface area contributed by atoms with Crippen LogP contribution in [0.25, 0.3) is 10.9 Å². The summed E-state index contributed by atoms with van der Waals surface area (Å²) in [5.41, 5.74) is 2.22. The van der Waals surface area contributed by atoms with Crippen LogP contribution in [0.1, 0.15) is 53.5 Å². The fourth-order valence-corrected chi connectivity index (χ4v) is 4.13. The number of hydrogen-bond donors (Lipinski definition) is 2. The highest BCUT2D eigenvalue weighted by atomic mass is 16.2. The summed E-state index contributed by atoms with van der Waals surface area (Å²) >= 11 is 0. The van der Waals surface area contributed by atoms with E-state index in [-0.39, 0.29) is 28.8 Å². The summed E-state index contributed by atoms with van der Waals surface area (Å²) in [7, 11) is 3.92. The van der Waals surface area contributed by atoms with Crippen molar-refractivity contribution in [2.45, 2.75) is 65.5 Å². The quantitative estimate of drug-likeness (QED) is 0.821. The third-order valence-electron chi connectivity index (χ3n) is 5.17. The van der Waals surface area contributed by atoms with Gasteiger partial charge in [0.25, 0.3) is 0 Å². The topological polar surface area (TPSA) is 46.1 Å². The SMILES string of the molecule is CNC(C(=O)NC(C)CC(C)(C)C)C(C)(C)c1cn(C)c2ccccc12. The molecule has 0 saturated heterocycles. The Hall–Kier alpha value is -1.81. The lowest BCUT2D eigenvalue weighted by atomic mass is 9.77. The average Bonchev–Trinajstić information content (AvgIpc) is 2.84. The highest BCUT2D eigenvalue weighted by molar-refractivity contribution is 5.89. The summed E-state index contributed by atoms with van der Waals surface area (Å²) in [5.74, 6) is 0.0576. The fourth-order valence-electron chi connectivity index (χ4n) is 4.13. The standard InChI is InChI=1S/C22H35N3O/c1-15(13-21(2,3)4)24-20(26)19(23-7)22(5,6)17-14-25(8)18-12-10-9-11-16(17)18/h9-12,14-15,19,23H,13H2,1-8H3,(H,24,26). The van der Waals surface area contributed by atoms with Crippen LogP contribution in [-0.4, -0.2) is 29.6 Å². The molecule has 2 N–H and O–H groups in total. The molecule has 0 spiro atoms. The van der Waals surface area contributed by atoms with E-state index in [9.17, 15) is 4.79 Å². The maximum atomic E-state index is 13.1. The van der Waals surface area contributed by atoms with Gasteiger partial charge in [-0.2, -0.15) is 0 Å². The largest absolute Gasteiger partial charge is 0.352 e. The van der Waals surface area contributed by atoms with Gasteiger partial charge in [-0.25, -0.2) is 0 Å². The highest BCUT2D eigenvalue weighted by Gasteiger charge is 2.38. The normalized spacial score (nSPS) is 15.1. The van der Waals surface area contributed by atoms with Crippen LogP contribution in [0.15, 0.2) is 30.5 Å². The van der Waals surface area contributed by atoms with Crippen molar-refractivity contribution in [3.63, 3.8) is 0 Å². The van der Waals surface area contributed by atoms with Crippen molar-refractivity contribution in [2.24, 2.45) is 12.5 Å². The zero-order valence-corrected chi connectivity index (χ0v) is 17.6. The van der Waals surface area contributed by atoms with Crippen molar-refractivity contribution in [1.82, 2.24) is 15.2 Å². The van der Waals surface area contributed by atoms with Crippen LogP contribution < -0.4 is 10.6 Å². The van der Waals surface area contributed by atoms with Crippen molar-refractivity contribution < 1.29 is 4.79 Å². The van der Waals surface area contributed by atoms with Gasteiger partial charge in [0.15, 0.2) is 0 Å². The third-order valence-corrected chi connectivity index (χ3v) is 5.17. The summed E-state index contributed by atoms with van der Waals surface area (Å²) in [5, 5.41) is 7.68. The number of likely N-dealkylation sites (N-methyl/N-ethyl adjacent to an activating group) is 1. The lowest BCUT2D eigenvalue weighted by Crippen LogP contribution is -2.55. The number of fused-ring (bicyclic) bond motifs is 1. The first-order valence-electron chi connectivity index (χ1n) is 9.49. The monoisotopic (exact) mass is 357 g/mol. The molecule has 1 heterocycles. The predicted octanol–water partition coefficient (Wildman–Crippen LogP) is 3.98. The van der Waals surface area contributed by atoms with Gasteiger partial charge in [0.05, 0.1) is 6.04 Å². The lowest BCUT2D eigenvalue weighted by molar-refractivity contribution is -0.125. The number of nitrogens with one attached hydrogen (secondary N) is 2. The van der Waals surface area contributed by atoms with E-state index in [4.69, 9.17) is 0 Å². The lowest BCUT2D eigenvalue weighted by Gasteiger charge is -2.34. The molecular weight excluding hydrogens is 322 g/mol. The fraction of sp³-hybridized carbons (Fsp3) is 0.591. The van der Waals surface area contributed by atoms with E-state index in [1.165, 1.54) is 16.5 Å². The molecule has 1 amide bonds. The Balaban J connectivity index is 2.30. The van der Waals surface area contributed by atoms with Gasteiger partial charge in [-0.3, -0.25) is 4.79 Å². The van der Waals surface area contributed by atoms with Gasteiger partial charge < -0.3 is 15.2 Å². The molecule has 0 aliphatic carbocycles. The van der Waals surface area contributed by atoms with Crippen molar-refractivity contribution >= 4 is 16.8 Å². The molecule has 2 aromatic rings. The Kier molecular flexibility index (Phi) is 5.86. The van der Waals surface area contributed by atoms with Gasteiger partial charge in [-0.05, 0) is 37.4 Å². The number of aryl methyl sites for hydroxylation is 1. The molecule has 2 atom stereocenters. The number of rotatable bonds is 6. The van der Waals surface area contributed by atoms with E-state index in [1.807, 2.05) is 7.05 Å². The first-order valence-corrected chi connectivity index (χ1v) is 9.49. The molecule has 144 valence electrons. The molecule has 0 fully saturated rings. The van der Waals surface area contributed by atoms with Crippen LogP contribution in [0.2, 0.25) is 0 Å². The van der Waals surface area contributed by atoms with Gasteiger partial charge in [0.2, 0.25) is 5.91 Å². The molecule has 4 heteroatoms. The summed E-state index contributed by atoms with van der Waals surface area (Å²) in [6.45, 7) is 13.0. The molecule has 2 rings (SSSR count). The van der Waals surface area contributed by atoms with Crippen molar-refractivity contribution in [3.8, 4) is 0 Å². The number of aromatic nitrogens is 1. The van der Waals surface area contributed by atoms with E-state index >= 15 is 0 Å². The number of nitrogens with zero attached hydrogens (tertiary/aromatic N) is 1. The Labute approximate surface area is 158 Å². The minimum absolute atomic E-state index is 0.0576. The highest BCUT2D eigenvalue weighted by Crippen LogP contribution is 2.34. The van der Waals surface area contributed by atoms with Gasteiger partial charge in [-0.1, -0.05) is 52.8 Å². The summed E-state index contributed by atoms with van der Waals surface area (Å²) < 4.78 is 2.14. The maximum absolute atomic E-state index is 13.1. The summed E-state index contributed by atoms with van der Waals surface area (Å²) in [6, 6.07) is 8.20. The van der Waals surface area contributed by atoms with Crippen LogP contribution in [0.4, 0.5) is 0 Å². The molecule has 0 saturated carbocycles. The number of benzene rings is 1. The minimum atomic E-state index is -0.346. The molecule has 1 aromatic heterocycles. The van der Waals surface area contributed by atoms with E-state index < -0.39 is 0 Å². The zero-order chi connectivity index (χ0) is 19.7. The Bertz CT molecular complexity index is 767. The molecular formula is C22H35N3O. The molecule has 0 aliphatic heterocycles. The van der Waals surface area contributed by atoms with Gasteiger partial charge in [-0.15, -0.1) is 0 Å². The van der Waals surface area contributed by atoms with Crippen molar-refractivity contribution in [1.29, 1.82) is 0 Å². The summed E-state index contributed by atoms with van der Waals surface area (Å²) in [6.07, 6.45) is 3.10. The minimum Gasteiger partial charge on any atom is -0.352 e. The predicted molar refractivity (Wildman–Crippen MR) is 110 cm³/mol. The molecule has 26 heavy (non-hydrogen) atoms. The van der Waals surface area contributed by atoms with Gasteiger partial charge in [0, 0.05) is 35.6 Å². The smallest absolute Gasteiger partial charge is 0.238 e.